The Morgan fingerprint density at radius 1 is 1.42 bits per heavy atom. The SMILES string of the molecule is OC(CNCCCC(F)(F)F)COCc1ccco1. The van der Waals surface area contributed by atoms with E-state index in [0.717, 1.165) is 0 Å². The summed E-state index contributed by atoms with van der Waals surface area (Å²) in [4.78, 5) is 0. The van der Waals surface area contributed by atoms with Crippen molar-refractivity contribution in [3.05, 3.63) is 24.2 Å². The van der Waals surface area contributed by atoms with Gasteiger partial charge in [0.25, 0.3) is 0 Å². The monoisotopic (exact) mass is 281 g/mol. The van der Waals surface area contributed by atoms with Crippen molar-refractivity contribution >= 4 is 0 Å². The Balaban J connectivity index is 1.94. The number of hydrogen-bond donors (Lipinski definition) is 2. The first kappa shape index (κ1) is 16.0. The molecule has 1 atom stereocenters. The summed E-state index contributed by atoms with van der Waals surface area (Å²) in [6.45, 7) is 0.788. The van der Waals surface area contributed by atoms with E-state index in [4.69, 9.17) is 9.15 Å². The minimum atomic E-state index is -4.12. The molecule has 0 fully saturated rings. The standard InChI is InChI=1S/C12H18F3NO3/c13-12(14,15)4-2-5-16-7-10(17)8-18-9-11-3-1-6-19-11/h1,3,6,10,16-17H,2,4-5,7-9H2. The third kappa shape index (κ3) is 8.63. The van der Waals surface area contributed by atoms with Crippen molar-refractivity contribution in [3.8, 4) is 0 Å². The van der Waals surface area contributed by atoms with Gasteiger partial charge in [-0.2, -0.15) is 13.2 Å². The van der Waals surface area contributed by atoms with Gasteiger partial charge in [0.2, 0.25) is 0 Å². The molecule has 110 valence electrons. The maximum absolute atomic E-state index is 11.8. The summed E-state index contributed by atoms with van der Waals surface area (Å²) in [5.41, 5.74) is 0. The number of ether oxygens (including phenoxy) is 1. The molecule has 0 radical (unpaired) electrons. The van der Waals surface area contributed by atoms with Crippen molar-refractivity contribution in [3.63, 3.8) is 0 Å². The maximum Gasteiger partial charge on any atom is 0.389 e. The fraction of sp³-hybridized carbons (Fsp3) is 0.667. The van der Waals surface area contributed by atoms with Gasteiger partial charge in [-0.3, -0.25) is 0 Å². The summed E-state index contributed by atoms with van der Waals surface area (Å²) in [7, 11) is 0. The van der Waals surface area contributed by atoms with Crippen molar-refractivity contribution < 1.29 is 27.4 Å². The molecule has 0 aliphatic rings. The van der Waals surface area contributed by atoms with Crippen LogP contribution in [0.15, 0.2) is 22.8 Å². The van der Waals surface area contributed by atoms with E-state index in [0.29, 0.717) is 5.76 Å². The minimum absolute atomic E-state index is 0.00344. The summed E-state index contributed by atoms with van der Waals surface area (Å²) in [6, 6.07) is 3.49. The number of furan rings is 1. The van der Waals surface area contributed by atoms with Gasteiger partial charge in [0.05, 0.1) is 19.0 Å². The lowest BCUT2D eigenvalue weighted by atomic mass is 10.3. The van der Waals surface area contributed by atoms with Crippen molar-refractivity contribution in [1.29, 1.82) is 0 Å². The fourth-order valence-corrected chi connectivity index (χ4v) is 1.43. The van der Waals surface area contributed by atoms with Gasteiger partial charge in [0, 0.05) is 13.0 Å². The molecule has 0 amide bonds. The zero-order chi connectivity index (χ0) is 14.1. The quantitative estimate of drug-likeness (QED) is 0.681. The Morgan fingerprint density at radius 2 is 2.21 bits per heavy atom. The van der Waals surface area contributed by atoms with E-state index in [1.165, 1.54) is 6.26 Å². The van der Waals surface area contributed by atoms with E-state index < -0.39 is 18.7 Å². The van der Waals surface area contributed by atoms with Gasteiger partial charge in [-0.05, 0) is 25.1 Å². The summed E-state index contributed by atoms with van der Waals surface area (Å²) in [6.07, 6.45) is -4.15. The molecule has 2 N–H and O–H groups in total. The lowest BCUT2D eigenvalue weighted by Gasteiger charge is -2.12. The second-order valence-electron chi connectivity index (χ2n) is 4.17. The Hall–Kier alpha value is -1.05. The first-order chi connectivity index (χ1) is 8.97. The van der Waals surface area contributed by atoms with E-state index in [2.05, 4.69) is 5.32 Å². The first-order valence-corrected chi connectivity index (χ1v) is 6.03. The highest BCUT2D eigenvalue weighted by Crippen LogP contribution is 2.20. The molecule has 1 unspecified atom stereocenters. The molecule has 7 heteroatoms. The number of alkyl halides is 3. The summed E-state index contributed by atoms with van der Waals surface area (Å²) < 4.78 is 45.7. The first-order valence-electron chi connectivity index (χ1n) is 6.03. The van der Waals surface area contributed by atoms with Crippen molar-refractivity contribution in [2.75, 3.05) is 19.7 Å². The predicted octanol–water partition coefficient (Wildman–Crippen LogP) is 2.09. The zero-order valence-corrected chi connectivity index (χ0v) is 10.4. The molecule has 0 aromatic carbocycles. The van der Waals surface area contributed by atoms with Crippen molar-refractivity contribution in [1.82, 2.24) is 5.32 Å². The predicted molar refractivity (Wildman–Crippen MR) is 62.5 cm³/mol. The second-order valence-corrected chi connectivity index (χ2v) is 4.17. The van der Waals surface area contributed by atoms with Crippen LogP contribution in [0.2, 0.25) is 0 Å². The number of halogens is 3. The molecule has 0 spiro atoms. The molecule has 0 aliphatic carbocycles. The average molecular weight is 281 g/mol. The fourth-order valence-electron chi connectivity index (χ4n) is 1.43. The molecule has 1 rings (SSSR count). The number of rotatable bonds is 9. The van der Waals surface area contributed by atoms with Gasteiger partial charge in [0.15, 0.2) is 0 Å². The molecule has 4 nitrogen and oxygen atoms in total. The van der Waals surface area contributed by atoms with Crippen LogP contribution in [0.4, 0.5) is 13.2 Å². The van der Waals surface area contributed by atoms with Crippen LogP contribution in [0.3, 0.4) is 0 Å². The molecule has 1 aromatic heterocycles. The Bertz CT molecular complexity index is 327. The largest absolute Gasteiger partial charge is 0.467 e. The topological polar surface area (TPSA) is 54.6 Å². The van der Waals surface area contributed by atoms with E-state index >= 15 is 0 Å². The smallest absolute Gasteiger partial charge is 0.389 e. The summed E-state index contributed by atoms with van der Waals surface area (Å²) in [5.74, 6) is 0.658. The molecular weight excluding hydrogens is 263 g/mol. The van der Waals surface area contributed by atoms with Crippen LogP contribution in [0.1, 0.15) is 18.6 Å². The summed E-state index contributed by atoms with van der Waals surface area (Å²) >= 11 is 0. The van der Waals surface area contributed by atoms with Crippen LogP contribution in [-0.4, -0.2) is 37.1 Å². The Kier molecular flexibility index (Phi) is 6.90. The van der Waals surface area contributed by atoms with Crippen LogP contribution in [0.5, 0.6) is 0 Å². The van der Waals surface area contributed by atoms with Crippen LogP contribution < -0.4 is 5.32 Å². The van der Waals surface area contributed by atoms with E-state index in [-0.39, 0.29) is 32.7 Å². The highest BCUT2D eigenvalue weighted by atomic mass is 19.4. The second kappa shape index (κ2) is 8.19. The normalized spacial score (nSPS) is 13.7. The third-order valence-electron chi connectivity index (χ3n) is 2.33. The van der Waals surface area contributed by atoms with Gasteiger partial charge >= 0.3 is 6.18 Å². The lowest BCUT2D eigenvalue weighted by molar-refractivity contribution is -0.135. The van der Waals surface area contributed by atoms with E-state index in [9.17, 15) is 18.3 Å². The van der Waals surface area contributed by atoms with Gasteiger partial charge in [-0.1, -0.05) is 0 Å². The molecule has 1 aromatic rings. The number of aliphatic hydroxyl groups is 1. The Morgan fingerprint density at radius 3 is 2.84 bits per heavy atom. The van der Waals surface area contributed by atoms with Crippen LogP contribution >= 0.6 is 0 Å². The van der Waals surface area contributed by atoms with Crippen LogP contribution in [-0.2, 0) is 11.3 Å². The lowest BCUT2D eigenvalue weighted by Crippen LogP contribution is -2.31. The van der Waals surface area contributed by atoms with Crippen LogP contribution in [0, 0.1) is 0 Å². The van der Waals surface area contributed by atoms with Gasteiger partial charge < -0.3 is 19.6 Å². The zero-order valence-electron chi connectivity index (χ0n) is 10.4. The summed E-state index contributed by atoms with van der Waals surface area (Å²) in [5, 5.41) is 12.2. The highest BCUT2D eigenvalue weighted by Gasteiger charge is 2.25. The molecule has 0 bridgehead atoms. The average Bonchev–Trinajstić information content (AvgIpc) is 2.80. The minimum Gasteiger partial charge on any atom is -0.467 e. The van der Waals surface area contributed by atoms with Crippen molar-refractivity contribution in [2.45, 2.75) is 31.7 Å². The number of nitrogens with one attached hydrogen (secondary N) is 1. The molecule has 0 saturated heterocycles. The Labute approximate surface area is 109 Å². The molecular formula is C12H18F3NO3. The van der Waals surface area contributed by atoms with Crippen LogP contribution in [0.25, 0.3) is 0 Å². The van der Waals surface area contributed by atoms with Gasteiger partial charge in [-0.25, -0.2) is 0 Å². The molecule has 1 heterocycles. The molecule has 19 heavy (non-hydrogen) atoms. The maximum atomic E-state index is 11.8. The highest BCUT2D eigenvalue weighted by molar-refractivity contribution is 4.96. The molecule has 0 aliphatic heterocycles. The van der Waals surface area contributed by atoms with Crippen molar-refractivity contribution in [2.24, 2.45) is 0 Å². The molecule has 0 saturated carbocycles. The third-order valence-corrected chi connectivity index (χ3v) is 2.33. The van der Waals surface area contributed by atoms with Gasteiger partial charge in [-0.15, -0.1) is 0 Å². The van der Waals surface area contributed by atoms with Gasteiger partial charge in [0.1, 0.15) is 12.4 Å². The van der Waals surface area contributed by atoms with E-state index in [1.807, 2.05) is 0 Å². The number of hydrogen-bond acceptors (Lipinski definition) is 4. The number of aliphatic hydroxyl groups excluding tert-OH is 1. The van der Waals surface area contributed by atoms with E-state index in [1.54, 1.807) is 12.1 Å².